The summed E-state index contributed by atoms with van der Waals surface area (Å²) in [5, 5.41) is 4.45. The topological polar surface area (TPSA) is 47.0 Å². The van der Waals surface area contributed by atoms with Gasteiger partial charge in [0, 0.05) is 35.8 Å². The van der Waals surface area contributed by atoms with Gasteiger partial charge >= 0.3 is 0 Å². The number of ether oxygens (including phenoxy) is 1. The lowest BCUT2D eigenvalue weighted by Gasteiger charge is -2.24. The van der Waals surface area contributed by atoms with E-state index in [0.717, 1.165) is 53.1 Å². The number of benzene rings is 2. The quantitative estimate of drug-likeness (QED) is 0.574. The van der Waals surface area contributed by atoms with Crippen LogP contribution in [0, 0.1) is 0 Å². The fourth-order valence-corrected chi connectivity index (χ4v) is 3.69. The average molecular weight is 367 g/mol. The maximum atomic E-state index is 5.86. The van der Waals surface area contributed by atoms with E-state index in [1.165, 1.54) is 5.56 Å². The molecule has 28 heavy (non-hydrogen) atoms. The van der Waals surface area contributed by atoms with Crippen molar-refractivity contribution >= 4 is 10.9 Å². The summed E-state index contributed by atoms with van der Waals surface area (Å²) in [6, 6.07) is 24.9. The molecule has 1 atom stereocenters. The number of morpholine rings is 1. The molecule has 1 saturated heterocycles. The molecular formula is C24H21N3O. The maximum Gasteiger partial charge on any atom is 0.0949 e. The Morgan fingerprint density at radius 3 is 2.54 bits per heavy atom. The number of fused-ring (bicyclic) bond motifs is 1. The number of hydrogen-bond acceptors (Lipinski definition) is 4. The minimum atomic E-state index is 0.119. The fraction of sp³-hybridized carbons (Fsp3) is 0.167. The lowest BCUT2D eigenvalue weighted by atomic mass is 10.0. The van der Waals surface area contributed by atoms with Gasteiger partial charge in [-0.2, -0.15) is 0 Å². The zero-order chi connectivity index (χ0) is 18.8. The van der Waals surface area contributed by atoms with Crippen molar-refractivity contribution in [1.82, 2.24) is 15.3 Å². The van der Waals surface area contributed by atoms with Gasteiger partial charge in [-0.05, 0) is 23.8 Å². The monoisotopic (exact) mass is 367 g/mol. The highest BCUT2D eigenvalue weighted by molar-refractivity contribution is 5.94. The molecule has 1 aliphatic heterocycles. The number of nitrogens with one attached hydrogen (secondary N) is 1. The Balaban J connectivity index is 1.57. The van der Waals surface area contributed by atoms with E-state index in [0.29, 0.717) is 0 Å². The average Bonchev–Trinajstić information content (AvgIpc) is 2.79. The Bertz CT molecular complexity index is 1090. The number of hydrogen-bond donors (Lipinski definition) is 1. The zero-order valence-electron chi connectivity index (χ0n) is 15.5. The molecule has 0 spiro atoms. The maximum absolute atomic E-state index is 5.86. The van der Waals surface area contributed by atoms with E-state index in [9.17, 15) is 0 Å². The summed E-state index contributed by atoms with van der Waals surface area (Å²) < 4.78 is 5.86. The molecule has 0 amide bonds. The SMILES string of the molecule is c1ccc(-c2nc(-c3ccc(C4CNCCO4)cc3)cc3ncccc23)cc1. The lowest BCUT2D eigenvalue weighted by Crippen LogP contribution is -2.33. The van der Waals surface area contributed by atoms with Gasteiger partial charge < -0.3 is 10.1 Å². The molecule has 1 aliphatic rings. The van der Waals surface area contributed by atoms with Gasteiger partial charge in [-0.15, -0.1) is 0 Å². The molecule has 0 bridgehead atoms. The van der Waals surface area contributed by atoms with Gasteiger partial charge in [0.05, 0.1) is 29.6 Å². The standard InChI is InChI=1S/C24H21N3O/c1-2-5-19(6-3-1)24-20-7-4-12-26-22(20)15-21(27-24)17-8-10-18(11-9-17)23-16-25-13-14-28-23/h1-12,15,23,25H,13-14,16H2. The minimum Gasteiger partial charge on any atom is -0.371 e. The predicted molar refractivity (Wildman–Crippen MR) is 112 cm³/mol. The van der Waals surface area contributed by atoms with Crippen molar-refractivity contribution in [1.29, 1.82) is 0 Å². The van der Waals surface area contributed by atoms with Crippen molar-refractivity contribution < 1.29 is 4.74 Å². The van der Waals surface area contributed by atoms with Crippen molar-refractivity contribution in [3.8, 4) is 22.5 Å². The van der Waals surface area contributed by atoms with E-state index in [2.05, 4.69) is 58.8 Å². The highest BCUT2D eigenvalue weighted by Crippen LogP contribution is 2.31. The van der Waals surface area contributed by atoms with Crippen LogP contribution in [-0.2, 0) is 4.74 Å². The summed E-state index contributed by atoms with van der Waals surface area (Å²) in [6.07, 6.45) is 1.95. The smallest absolute Gasteiger partial charge is 0.0949 e. The molecule has 3 heterocycles. The molecule has 1 N–H and O–H groups in total. The molecule has 1 unspecified atom stereocenters. The third-order valence-electron chi connectivity index (χ3n) is 5.15. The number of rotatable bonds is 3. The van der Waals surface area contributed by atoms with Gasteiger partial charge in [-0.3, -0.25) is 4.98 Å². The number of nitrogens with zero attached hydrogens (tertiary/aromatic N) is 2. The minimum absolute atomic E-state index is 0.119. The molecule has 4 heteroatoms. The molecule has 1 fully saturated rings. The Morgan fingerprint density at radius 2 is 1.75 bits per heavy atom. The molecule has 138 valence electrons. The Kier molecular flexibility index (Phi) is 4.57. The third-order valence-corrected chi connectivity index (χ3v) is 5.15. The number of pyridine rings is 2. The molecule has 2 aromatic carbocycles. The van der Waals surface area contributed by atoms with Gasteiger partial charge in [0.2, 0.25) is 0 Å². The van der Waals surface area contributed by atoms with Crippen LogP contribution >= 0.6 is 0 Å². The lowest BCUT2D eigenvalue weighted by molar-refractivity contribution is 0.0277. The molecule has 0 saturated carbocycles. The van der Waals surface area contributed by atoms with Crippen LogP contribution in [-0.4, -0.2) is 29.7 Å². The molecule has 0 aliphatic carbocycles. The second-order valence-electron chi connectivity index (χ2n) is 6.98. The van der Waals surface area contributed by atoms with Crippen molar-refractivity contribution in [2.75, 3.05) is 19.7 Å². The normalized spacial score (nSPS) is 16.9. The zero-order valence-corrected chi connectivity index (χ0v) is 15.5. The Morgan fingerprint density at radius 1 is 0.893 bits per heavy atom. The Hall–Kier alpha value is -3.08. The third kappa shape index (κ3) is 3.28. The van der Waals surface area contributed by atoms with Crippen molar-refractivity contribution in [3.05, 3.63) is 84.6 Å². The number of aromatic nitrogens is 2. The van der Waals surface area contributed by atoms with Gasteiger partial charge in [0.15, 0.2) is 0 Å². The van der Waals surface area contributed by atoms with E-state index < -0.39 is 0 Å². The largest absolute Gasteiger partial charge is 0.371 e. The van der Waals surface area contributed by atoms with Gasteiger partial charge in [-0.25, -0.2) is 4.98 Å². The summed E-state index contributed by atoms with van der Waals surface area (Å²) in [7, 11) is 0. The first-order chi connectivity index (χ1) is 13.9. The summed E-state index contributed by atoms with van der Waals surface area (Å²) in [5.41, 5.74) is 6.22. The van der Waals surface area contributed by atoms with E-state index in [4.69, 9.17) is 9.72 Å². The van der Waals surface area contributed by atoms with Crippen LogP contribution in [0.1, 0.15) is 11.7 Å². The van der Waals surface area contributed by atoms with E-state index in [1.54, 1.807) is 0 Å². The summed E-state index contributed by atoms with van der Waals surface area (Å²) in [5.74, 6) is 0. The van der Waals surface area contributed by atoms with Crippen LogP contribution in [0.15, 0.2) is 79.0 Å². The highest BCUT2D eigenvalue weighted by Gasteiger charge is 2.16. The van der Waals surface area contributed by atoms with E-state index >= 15 is 0 Å². The predicted octanol–water partition coefficient (Wildman–Crippen LogP) is 4.62. The van der Waals surface area contributed by atoms with E-state index in [1.807, 2.05) is 30.5 Å². The molecule has 0 radical (unpaired) electrons. The van der Waals surface area contributed by atoms with Crippen LogP contribution in [0.5, 0.6) is 0 Å². The van der Waals surface area contributed by atoms with Gasteiger partial charge in [-0.1, -0.05) is 54.6 Å². The molecule has 4 aromatic rings. The first kappa shape index (κ1) is 17.0. The highest BCUT2D eigenvalue weighted by atomic mass is 16.5. The molecule has 2 aromatic heterocycles. The summed E-state index contributed by atoms with van der Waals surface area (Å²) >= 11 is 0. The van der Waals surface area contributed by atoms with Crippen LogP contribution < -0.4 is 5.32 Å². The summed E-state index contributed by atoms with van der Waals surface area (Å²) in [6.45, 7) is 2.53. The second kappa shape index (κ2) is 7.50. The first-order valence-electron chi connectivity index (χ1n) is 9.62. The van der Waals surface area contributed by atoms with Crippen LogP contribution in [0.4, 0.5) is 0 Å². The van der Waals surface area contributed by atoms with Gasteiger partial charge in [0.25, 0.3) is 0 Å². The molecular weight excluding hydrogens is 346 g/mol. The Labute approximate surface area is 164 Å². The van der Waals surface area contributed by atoms with E-state index in [-0.39, 0.29) is 6.10 Å². The van der Waals surface area contributed by atoms with Gasteiger partial charge in [0.1, 0.15) is 0 Å². The van der Waals surface area contributed by atoms with Crippen LogP contribution in [0.25, 0.3) is 33.4 Å². The second-order valence-corrected chi connectivity index (χ2v) is 6.98. The molecule has 4 nitrogen and oxygen atoms in total. The fourth-order valence-electron chi connectivity index (χ4n) is 3.69. The van der Waals surface area contributed by atoms with Crippen molar-refractivity contribution in [2.45, 2.75) is 6.10 Å². The van der Waals surface area contributed by atoms with Crippen LogP contribution in [0.2, 0.25) is 0 Å². The first-order valence-corrected chi connectivity index (χ1v) is 9.62. The van der Waals surface area contributed by atoms with Crippen molar-refractivity contribution in [2.24, 2.45) is 0 Å². The van der Waals surface area contributed by atoms with Crippen molar-refractivity contribution in [3.63, 3.8) is 0 Å². The summed E-state index contributed by atoms with van der Waals surface area (Å²) in [4.78, 5) is 9.58. The molecule has 5 rings (SSSR count). The van der Waals surface area contributed by atoms with Crippen LogP contribution in [0.3, 0.4) is 0 Å².